The lowest BCUT2D eigenvalue weighted by atomic mass is 10.1. The number of aliphatic hydroxyl groups is 3. The summed E-state index contributed by atoms with van der Waals surface area (Å²) in [6.45, 7) is 0.985. The highest BCUT2D eigenvalue weighted by Crippen LogP contribution is 2.30. The number of hydrogen-bond donors (Lipinski definition) is 4. The first-order valence-electron chi connectivity index (χ1n) is 8.31. The van der Waals surface area contributed by atoms with E-state index in [1.54, 1.807) is 0 Å². The summed E-state index contributed by atoms with van der Waals surface area (Å²) in [6, 6.07) is -0.585. The first-order chi connectivity index (χ1) is 12.9. The van der Waals surface area contributed by atoms with Crippen molar-refractivity contribution in [1.82, 2.24) is 14.7 Å². The van der Waals surface area contributed by atoms with Crippen LogP contribution in [-0.2, 0) is 4.74 Å². The van der Waals surface area contributed by atoms with E-state index >= 15 is 0 Å². The molecule has 0 radical (unpaired) electrons. The number of ketones is 1. The van der Waals surface area contributed by atoms with Gasteiger partial charge in [-0.15, -0.1) is 0 Å². The molecular formula is C15H19N7O5. The lowest BCUT2D eigenvalue weighted by Gasteiger charge is -2.32. The minimum absolute atomic E-state index is 0.148. The predicted octanol–water partition coefficient (Wildman–Crippen LogP) is -2.86. The van der Waals surface area contributed by atoms with Crippen molar-refractivity contribution in [2.45, 2.75) is 43.7 Å². The van der Waals surface area contributed by atoms with Crippen LogP contribution in [0.1, 0.15) is 17.3 Å². The molecule has 1 aromatic rings. The molecule has 4 rings (SSSR count). The van der Waals surface area contributed by atoms with E-state index in [4.69, 9.17) is 10.5 Å². The van der Waals surface area contributed by atoms with Gasteiger partial charge < -0.3 is 30.7 Å². The van der Waals surface area contributed by atoms with E-state index in [1.165, 1.54) is 35.2 Å². The molecule has 4 unspecified atom stereocenters. The molecule has 12 heteroatoms. The highest BCUT2D eigenvalue weighted by molar-refractivity contribution is 6.03. The minimum Gasteiger partial charge on any atom is -0.394 e. The molecule has 12 nitrogen and oxygen atoms in total. The van der Waals surface area contributed by atoms with E-state index in [0.29, 0.717) is 5.56 Å². The lowest BCUT2D eigenvalue weighted by Crippen LogP contribution is -2.52. The standard InChI is InChI=1S/C15H19N7O5/c1-6(24)7-2-18-22(3-7)15-19-12(16)9-13(20-15)21(5-17-9)14-11(26)10(25)8(4-23)27-14/h2-3,5,8-11,13-14,23,25-26H,4H2,1H3,(H2,16,19,20)/t8?,9?,10-,11-,13?,14?/m1/s1. The van der Waals surface area contributed by atoms with Gasteiger partial charge >= 0.3 is 0 Å². The summed E-state index contributed by atoms with van der Waals surface area (Å²) in [7, 11) is 0. The molecular weight excluding hydrogens is 358 g/mol. The molecule has 27 heavy (non-hydrogen) atoms. The number of nitrogens with two attached hydrogens (primary N) is 1. The van der Waals surface area contributed by atoms with Gasteiger partial charge in [-0.1, -0.05) is 0 Å². The van der Waals surface area contributed by atoms with Gasteiger partial charge in [-0.2, -0.15) is 10.1 Å². The van der Waals surface area contributed by atoms with Crippen LogP contribution in [0.3, 0.4) is 0 Å². The number of aliphatic hydroxyl groups excluding tert-OH is 3. The number of Topliss-reactive ketones (excluding diaryl/α,β-unsaturated/α-hetero) is 1. The molecule has 1 aromatic heterocycles. The summed E-state index contributed by atoms with van der Waals surface area (Å²) >= 11 is 0. The first kappa shape index (κ1) is 17.7. The van der Waals surface area contributed by atoms with Gasteiger partial charge in [0.15, 0.2) is 18.2 Å². The fraction of sp³-hybridized carbons (Fsp3) is 0.533. The van der Waals surface area contributed by atoms with Gasteiger partial charge in [-0.25, -0.2) is 9.67 Å². The van der Waals surface area contributed by atoms with Gasteiger partial charge in [0.25, 0.3) is 0 Å². The molecule has 0 saturated carbocycles. The largest absolute Gasteiger partial charge is 0.394 e. The molecule has 1 saturated heterocycles. The molecule has 0 spiro atoms. The van der Waals surface area contributed by atoms with Crippen LogP contribution in [0.4, 0.5) is 0 Å². The number of carbonyl (C=O) groups excluding carboxylic acids is 1. The minimum atomic E-state index is -1.26. The Morgan fingerprint density at radius 2 is 2.15 bits per heavy atom. The molecule has 0 aromatic carbocycles. The number of aliphatic imine (C=N–C) groups is 3. The Kier molecular flexibility index (Phi) is 4.26. The topological polar surface area (TPSA) is 171 Å². The molecule has 144 valence electrons. The number of carbonyl (C=O) groups is 1. The third-order valence-corrected chi connectivity index (χ3v) is 4.73. The number of ether oxygens (including phenoxy) is 1. The highest BCUT2D eigenvalue weighted by Gasteiger charge is 2.50. The van der Waals surface area contributed by atoms with Gasteiger partial charge in [0.1, 0.15) is 30.2 Å². The highest BCUT2D eigenvalue weighted by atomic mass is 16.6. The average molecular weight is 377 g/mol. The van der Waals surface area contributed by atoms with Crippen LogP contribution in [0.15, 0.2) is 27.4 Å². The molecule has 5 N–H and O–H groups in total. The van der Waals surface area contributed by atoms with E-state index < -0.39 is 43.4 Å². The first-order valence-corrected chi connectivity index (χ1v) is 8.31. The van der Waals surface area contributed by atoms with Crippen molar-refractivity contribution < 1.29 is 24.9 Å². The Bertz CT molecular complexity index is 849. The zero-order valence-electron chi connectivity index (χ0n) is 14.3. The Hall–Kier alpha value is -2.67. The van der Waals surface area contributed by atoms with Gasteiger partial charge in [0.2, 0.25) is 5.96 Å². The van der Waals surface area contributed by atoms with Crippen molar-refractivity contribution >= 4 is 23.9 Å². The van der Waals surface area contributed by atoms with E-state index in [1.807, 2.05) is 0 Å². The van der Waals surface area contributed by atoms with E-state index in [-0.39, 0.29) is 17.6 Å². The van der Waals surface area contributed by atoms with E-state index in [2.05, 4.69) is 20.1 Å². The van der Waals surface area contributed by atoms with Crippen molar-refractivity contribution in [2.24, 2.45) is 20.7 Å². The summed E-state index contributed by atoms with van der Waals surface area (Å²) in [6.07, 6.45) is -0.740. The van der Waals surface area contributed by atoms with Gasteiger partial charge in [0, 0.05) is 6.20 Å². The van der Waals surface area contributed by atoms with Gasteiger partial charge in [-0.3, -0.25) is 9.79 Å². The van der Waals surface area contributed by atoms with Crippen LogP contribution in [0.2, 0.25) is 0 Å². The summed E-state index contributed by atoms with van der Waals surface area (Å²) < 4.78 is 6.87. The quantitative estimate of drug-likeness (QED) is 0.407. The molecule has 3 aliphatic rings. The number of amidine groups is 1. The molecule has 0 bridgehead atoms. The van der Waals surface area contributed by atoms with E-state index in [9.17, 15) is 20.1 Å². The zero-order chi connectivity index (χ0) is 19.3. The number of hydrogen-bond acceptors (Lipinski definition) is 11. The van der Waals surface area contributed by atoms with Gasteiger partial charge in [-0.05, 0) is 6.92 Å². The smallest absolute Gasteiger partial charge is 0.249 e. The second kappa shape index (κ2) is 6.49. The second-order valence-electron chi connectivity index (χ2n) is 6.49. The Morgan fingerprint density at radius 1 is 1.37 bits per heavy atom. The van der Waals surface area contributed by atoms with Crippen molar-refractivity contribution in [2.75, 3.05) is 6.61 Å². The van der Waals surface area contributed by atoms with Crippen molar-refractivity contribution in [3.63, 3.8) is 0 Å². The van der Waals surface area contributed by atoms with Crippen molar-refractivity contribution in [3.05, 3.63) is 18.0 Å². The van der Waals surface area contributed by atoms with E-state index in [0.717, 1.165) is 0 Å². The molecule has 6 atom stereocenters. The van der Waals surface area contributed by atoms with Crippen molar-refractivity contribution in [3.8, 4) is 0 Å². The second-order valence-corrected chi connectivity index (χ2v) is 6.49. The molecule has 0 amide bonds. The van der Waals surface area contributed by atoms with Crippen LogP contribution in [-0.4, -0.2) is 97.3 Å². The summed E-state index contributed by atoms with van der Waals surface area (Å²) in [4.78, 5) is 25.9. The lowest BCUT2D eigenvalue weighted by molar-refractivity contribution is -0.0779. The number of aromatic nitrogens is 2. The average Bonchev–Trinajstić information content (AvgIpc) is 3.34. The summed E-state index contributed by atoms with van der Waals surface area (Å²) in [5.74, 6) is 0.198. The Morgan fingerprint density at radius 3 is 2.78 bits per heavy atom. The van der Waals surface area contributed by atoms with Crippen molar-refractivity contribution in [1.29, 1.82) is 0 Å². The summed E-state index contributed by atoms with van der Waals surface area (Å²) in [5, 5.41) is 33.6. The van der Waals surface area contributed by atoms with Crippen LogP contribution in [0.25, 0.3) is 0 Å². The number of fused-ring (bicyclic) bond motifs is 1. The number of nitrogens with zero attached hydrogens (tertiary/aromatic N) is 6. The Labute approximate surface area is 153 Å². The van der Waals surface area contributed by atoms with Crippen LogP contribution in [0.5, 0.6) is 0 Å². The maximum atomic E-state index is 11.5. The maximum absolute atomic E-state index is 11.5. The normalized spacial score (nSPS) is 35.2. The molecule has 4 heterocycles. The molecule has 3 aliphatic heterocycles. The predicted molar refractivity (Wildman–Crippen MR) is 92.4 cm³/mol. The third kappa shape index (κ3) is 2.82. The fourth-order valence-electron chi connectivity index (χ4n) is 3.22. The molecule has 1 fully saturated rings. The Balaban J connectivity index is 1.63. The third-order valence-electron chi connectivity index (χ3n) is 4.73. The maximum Gasteiger partial charge on any atom is 0.249 e. The van der Waals surface area contributed by atoms with Crippen LogP contribution in [0, 0.1) is 0 Å². The summed E-state index contributed by atoms with van der Waals surface area (Å²) in [5.41, 5.74) is 6.42. The van der Waals surface area contributed by atoms with Gasteiger partial charge in [0.05, 0.1) is 24.7 Å². The molecule has 0 aliphatic carbocycles. The SMILES string of the molecule is CC(=O)c1cnn(C2=NC3C(N=CN3C3OC(CO)[C@@H](O)[C@H]3O)C(N)=N2)c1. The zero-order valence-corrected chi connectivity index (χ0v) is 14.3. The monoisotopic (exact) mass is 377 g/mol. The van der Waals surface area contributed by atoms with Crippen LogP contribution >= 0.6 is 0 Å². The van der Waals surface area contributed by atoms with Crippen LogP contribution < -0.4 is 5.73 Å². The fourth-order valence-corrected chi connectivity index (χ4v) is 3.22. The number of rotatable bonds is 3.